The molecule has 1 unspecified atom stereocenters. The summed E-state index contributed by atoms with van der Waals surface area (Å²) < 4.78 is 11.4. The van der Waals surface area contributed by atoms with Crippen molar-refractivity contribution in [2.75, 3.05) is 27.2 Å². The van der Waals surface area contributed by atoms with E-state index in [-0.39, 0.29) is 12.1 Å². The SMILES string of the molecule is COC(=O)c1sc(Cl)cc1OC1C[C@@H]2CN(C)C[C@@H]2C1. The van der Waals surface area contributed by atoms with Crippen molar-refractivity contribution in [3.8, 4) is 5.75 Å². The van der Waals surface area contributed by atoms with Gasteiger partial charge in [0.05, 0.1) is 17.6 Å². The Labute approximate surface area is 127 Å². The van der Waals surface area contributed by atoms with Crippen molar-refractivity contribution in [1.29, 1.82) is 0 Å². The van der Waals surface area contributed by atoms with Gasteiger partial charge in [0.1, 0.15) is 5.75 Å². The van der Waals surface area contributed by atoms with Gasteiger partial charge in [0.25, 0.3) is 0 Å². The number of hydrogen-bond acceptors (Lipinski definition) is 5. The van der Waals surface area contributed by atoms with Gasteiger partial charge in [-0.15, -0.1) is 11.3 Å². The number of halogens is 1. The Morgan fingerprint density at radius 3 is 2.65 bits per heavy atom. The van der Waals surface area contributed by atoms with E-state index in [2.05, 4.69) is 11.9 Å². The van der Waals surface area contributed by atoms with Crippen molar-refractivity contribution in [1.82, 2.24) is 4.90 Å². The number of likely N-dealkylation sites (tertiary alicyclic amines) is 1. The van der Waals surface area contributed by atoms with E-state index in [1.165, 1.54) is 18.4 Å². The minimum Gasteiger partial charge on any atom is -0.489 e. The van der Waals surface area contributed by atoms with Gasteiger partial charge in [0.2, 0.25) is 0 Å². The fraction of sp³-hybridized carbons (Fsp3) is 0.643. The maximum atomic E-state index is 11.7. The van der Waals surface area contributed by atoms with Gasteiger partial charge in [-0.25, -0.2) is 4.79 Å². The first-order valence-corrected chi connectivity index (χ1v) is 7.99. The van der Waals surface area contributed by atoms with Gasteiger partial charge < -0.3 is 14.4 Å². The number of esters is 1. The Morgan fingerprint density at radius 1 is 1.40 bits per heavy atom. The summed E-state index contributed by atoms with van der Waals surface area (Å²) >= 11 is 7.20. The van der Waals surface area contributed by atoms with Crippen molar-refractivity contribution >= 4 is 28.9 Å². The van der Waals surface area contributed by atoms with Crippen molar-refractivity contribution in [2.45, 2.75) is 18.9 Å². The molecule has 0 spiro atoms. The minimum absolute atomic E-state index is 0.188. The monoisotopic (exact) mass is 315 g/mol. The van der Waals surface area contributed by atoms with E-state index in [1.807, 2.05) is 0 Å². The van der Waals surface area contributed by atoms with Gasteiger partial charge >= 0.3 is 5.97 Å². The lowest BCUT2D eigenvalue weighted by Crippen LogP contribution is -2.21. The second-order valence-electron chi connectivity index (χ2n) is 5.69. The molecular formula is C14H18ClNO3S. The van der Waals surface area contributed by atoms with Crippen LogP contribution in [0, 0.1) is 11.8 Å². The number of nitrogens with zero attached hydrogens (tertiary/aromatic N) is 1. The highest BCUT2D eigenvalue weighted by molar-refractivity contribution is 7.18. The van der Waals surface area contributed by atoms with Crippen LogP contribution in [0.5, 0.6) is 5.75 Å². The Balaban J connectivity index is 1.69. The third kappa shape index (κ3) is 2.67. The van der Waals surface area contributed by atoms with Crippen LogP contribution in [-0.4, -0.2) is 44.2 Å². The molecule has 1 saturated carbocycles. The van der Waals surface area contributed by atoms with Gasteiger partial charge in [0, 0.05) is 19.2 Å². The molecule has 0 bridgehead atoms. The van der Waals surface area contributed by atoms with Crippen LogP contribution in [0.1, 0.15) is 22.5 Å². The van der Waals surface area contributed by atoms with Crippen LogP contribution in [0.4, 0.5) is 0 Å². The van der Waals surface area contributed by atoms with E-state index < -0.39 is 0 Å². The van der Waals surface area contributed by atoms with E-state index >= 15 is 0 Å². The van der Waals surface area contributed by atoms with Crippen LogP contribution in [0.25, 0.3) is 0 Å². The summed E-state index contributed by atoms with van der Waals surface area (Å²) in [6.45, 7) is 2.30. The van der Waals surface area contributed by atoms with Crippen molar-refractivity contribution in [2.24, 2.45) is 11.8 Å². The van der Waals surface area contributed by atoms with Crippen LogP contribution in [0.2, 0.25) is 4.34 Å². The van der Waals surface area contributed by atoms with Gasteiger partial charge in [-0.3, -0.25) is 0 Å². The summed E-state index contributed by atoms with van der Waals surface area (Å²) in [5.74, 6) is 1.64. The lowest BCUT2D eigenvalue weighted by molar-refractivity contribution is 0.0599. The molecule has 1 aliphatic carbocycles. The fourth-order valence-electron chi connectivity index (χ4n) is 3.42. The van der Waals surface area contributed by atoms with E-state index in [4.69, 9.17) is 21.1 Å². The normalized spacial score (nSPS) is 29.4. The largest absolute Gasteiger partial charge is 0.489 e. The maximum Gasteiger partial charge on any atom is 0.351 e. The molecule has 4 nitrogen and oxygen atoms in total. The number of fused-ring (bicyclic) bond motifs is 1. The fourth-order valence-corrected chi connectivity index (χ4v) is 4.49. The molecule has 1 saturated heterocycles. The number of methoxy groups -OCH3 is 1. The molecule has 20 heavy (non-hydrogen) atoms. The number of ether oxygens (including phenoxy) is 2. The van der Waals surface area contributed by atoms with E-state index in [1.54, 1.807) is 6.07 Å². The second-order valence-corrected chi connectivity index (χ2v) is 7.37. The molecule has 2 heterocycles. The first kappa shape index (κ1) is 14.2. The highest BCUT2D eigenvalue weighted by Gasteiger charge is 2.41. The summed E-state index contributed by atoms with van der Waals surface area (Å²) in [6.07, 6.45) is 2.30. The Morgan fingerprint density at radius 2 is 2.05 bits per heavy atom. The van der Waals surface area contributed by atoms with E-state index in [0.717, 1.165) is 37.8 Å². The number of hydrogen-bond donors (Lipinski definition) is 0. The quantitative estimate of drug-likeness (QED) is 0.804. The van der Waals surface area contributed by atoms with E-state index in [9.17, 15) is 4.79 Å². The first-order chi connectivity index (χ1) is 9.56. The predicted molar refractivity (Wildman–Crippen MR) is 78.8 cm³/mol. The van der Waals surface area contributed by atoms with Crippen LogP contribution in [0.3, 0.4) is 0 Å². The Kier molecular flexibility index (Phi) is 3.93. The molecule has 0 radical (unpaired) electrons. The smallest absolute Gasteiger partial charge is 0.351 e. The third-order valence-corrected chi connectivity index (χ3v) is 5.45. The van der Waals surface area contributed by atoms with Gasteiger partial charge in [-0.05, 0) is 31.7 Å². The summed E-state index contributed by atoms with van der Waals surface area (Å²) in [7, 11) is 3.54. The van der Waals surface area contributed by atoms with Crippen molar-refractivity contribution in [3.63, 3.8) is 0 Å². The van der Waals surface area contributed by atoms with E-state index in [0.29, 0.717) is 15.0 Å². The maximum absolute atomic E-state index is 11.7. The molecule has 110 valence electrons. The molecule has 0 aromatic carbocycles. The van der Waals surface area contributed by atoms with Crippen LogP contribution < -0.4 is 4.74 Å². The number of thiophene rings is 1. The van der Waals surface area contributed by atoms with Crippen LogP contribution in [0.15, 0.2) is 6.07 Å². The molecule has 2 aliphatic rings. The summed E-state index contributed by atoms with van der Waals surface area (Å²) in [4.78, 5) is 14.5. The highest BCUT2D eigenvalue weighted by Crippen LogP contribution is 2.41. The van der Waals surface area contributed by atoms with Crippen molar-refractivity contribution in [3.05, 3.63) is 15.3 Å². The minimum atomic E-state index is -0.380. The Hall–Kier alpha value is -0.780. The molecule has 1 aromatic rings. The lowest BCUT2D eigenvalue weighted by Gasteiger charge is -2.16. The van der Waals surface area contributed by atoms with Crippen LogP contribution >= 0.6 is 22.9 Å². The summed E-state index contributed by atoms with van der Waals surface area (Å²) in [6, 6.07) is 1.72. The standard InChI is InChI=1S/C14H18ClNO3S/c1-16-6-8-3-10(4-9(8)7-16)19-11-5-12(15)20-13(11)14(17)18-2/h5,8-10H,3-4,6-7H2,1-2H3/t8-,9+,10?. The second kappa shape index (κ2) is 5.54. The zero-order chi connectivity index (χ0) is 14.3. The first-order valence-electron chi connectivity index (χ1n) is 6.79. The lowest BCUT2D eigenvalue weighted by atomic mass is 10.0. The molecule has 1 aromatic heterocycles. The Bertz CT molecular complexity index is 505. The highest BCUT2D eigenvalue weighted by atomic mass is 35.5. The van der Waals surface area contributed by atoms with Gasteiger partial charge in [-0.2, -0.15) is 0 Å². The average molecular weight is 316 g/mol. The number of rotatable bonds is 3. The summed E-state index contributed by atoms with van der Waals surface area (Å²) in [5.41, 5.74) is 0. The molecule has 2 fully saturated rings. The molecule has 1 aliphatic heterocycles. The van der Waals surface area contributed by atoms with Gasteiger partial charge in [-0.1, -0.05) is 11.6 Å². The molecule has 0 amide bonds. The topological polar surface area (TPSA) is 38.8 Å². The van der Waals surface area contributed by atoms with Gasteiger partial charge in [0.15, 0.2) is 4.88 Å². The average Bonchev–Trinajstić information content (AvgIpc) is 3.01. The van der Waals surface area contributed by atoms with Crippen molar-refractivity contribution < 1.29 is 14.3 Å². The number of carbonyl (C=O) groups excluding carboxylic acids is 1. The zero-order valence-corrected chi connectivity index (χ0v) is 13.2. The molecule has 0 N–H and O–H groups in total. The predicted octanol–water partition coefficient (Wildman–Crippen LogP) is 2.91. The zero-order valence-electron chi connectivity index (χ0n) is 11.6. The third-order valence-electron chi connectivity index (χ3n) is 4.22. The molecule has 6 heteroatoms. The van der Waals surface area contributed by atoms with Crippen LogP contribution in [-0.2, 0) is 4.74 Å². The summed E-state index contributed by atoms with van der Waals surface area (Å²) in [5, 5.41) is 0. The molecule has 3 atom stereocenters. The molecule has 3 rings (SSSR count). The molecular weight excluding hydrogens is 298 g/mol. The number of carbonyl (C=O) groups is 1.